The topological polar surface area (TPSA) is 35.2 Å². The summed E-state index contributed by atoms with van der Waals surface area (Å²) in [4.78, 5) is 0. The van der Waals surface area contributed by atoms with Crippen molar-refractivity contribution >= 4 is 0 Å². The molecule has 112 valence electrons. The molecule has 0 saturated heterocycles. The molecule has 1 fully saturated rings. The molecule has 1 atom stereocenters. The fraction of sp³-hybridized carbons (Fsp3) is 0.647. The van der Waals surface area contributed by atoms with Crippen LogP contribution >= 0.6 is 0 Å². The van der Waals surface area contributed by atoms with Gasteiger partial charge in [-0.3, -0.25) is 0 Å². The Morgan fingerprint density at radius 1 is 1.20 bits per heavy atom. The van der Waals surface area contributed by atoms with Gasteiger partial charge in [-0.05, 0) is 49.1 Å². The Kier molecular flexibility index (Phi) is 4.50. The lowest BCUT2D eigenvalue weighted by atomic mass is 9.68. The molecule has 20 heavy (non-hydrogen) atoms. The molecule has 1 aromatic carbocycles. The fourth-order valence-electron chi connectivity index (χ4n) is 3.16. The van der Waals surface area contributed by atoms with E-state index in [0.717, 1.165) is 25.7 Å². The Morgan fingerprint density at radius 3 is 2.35 bits per heavy atom. The Morgan fingerprint density at radius 2 is 1.80 bits per heavy atom. The van der Waals surface area contributed by atoms with Crippen molar-refractivity contribution in [3.8, 4) is 0 Å². The summed E-state index contributed by atoms with van der Waals surface area (Å²) in [6.45, 7) is 4.57. The molecule has 0 aliphatic heterocycles. The van der Waals surface area contributed by atoms with Crippen molar-refractivity contribution in [2.75, 3.05) is 7.11 Å². The number of benzene rings is 1. The van der Waals surface area contributed by atoms with Crippen LogP contribution in [0.1, 0.15) is 45.1 Å². The molecule has 0 aromatic heterocycles. The molecule has 2 N–H and O–H groups in total. The second kappa shape index (κ2) is 5.82. The van der Waals surface area contributed by atoms with E-state index in [1.807, 2.05) is 12.1 Å². The molecule has 0 spiro atoms. The van der Waals surface area contributed by atoms with Crippen LogP contribution in [0.15, 0.2) is 24.3 Å². The van der Waals surface area contributed by atoms with Gasteiger partial charge in [0, 0.05) is 13.2 Å². The molecular formula is C17H26FNO. The summed E-state index contributed by atoms with van der Waals surface area (Å²) >= 11 is 0. The third kappa shape index (κ3) is 3.21. The van der Waals surface area contributed by atoms with Gasteiger partial charge in [0.15, 0.2) is 0 Å². The van der Waals surface area contributed by atoms with E-state index in [1.165, 1.54) is 6.07 Å². The molecule has 1 aliphatic rings. The lowest BCUT2D eigenvalue weighted by molar-refractivity contribution is -0.0782. The van der Waals surface area contributed by atoms with Gasteiger partial charge in [0.25, 0.3) is 0 Å². The molecule has 2 rings (SSSR count). The summed E-state index contributed by atoms with van der Waals surface area (Å²) in [6, 6.07) is 6.70. The molecule has 0 radical (unpaired) electrons. The average Bonchev–Trinajstić information content (AvgIpc) is 2.42. The Hall–Kier alpha value is -0.930. The summed E-state index contributed by atoms with van der Waals surface area (Å²) < 4.78 is 19.6. The number of halogens is 1. The standard InChI is InChI=1S/C17H26FNO/c1-16(2)8-10-17(20-3,11-9-16)15(19)12-13-6-4-5-7-14(13)18/h4-7,15H,8-12,19H2,1-3H3. The summed E-state index contributed by atoms with van der Waals surface area (Å²) in [5.41, 5.74) is 7.13. The van der Waals surface area contributed by atoms with Crippen molar-refractivity contribution in [1.82, 2.24) is 0 Å². The smallest absolute Gasteiger partial charge is 0.126 e. The number of hydrogen-bond donors (Lipinski definition) is 1. The quantitative estimate of drug-likeness (QED) is 0.912. The Bertz CT molecular complexity index is 448. The predicted molar refractivity (Wildman–Crippen MR) is 80.1 cm³/mol. The molecule has 1 saturated carbocycles. The van der Waals surface area contributed by atoms with Crippen LogP contribution < -0.4 is 5.73 Å². The minimum absolute atomic E-state index is 0.166. The molecule has 1 unspecified atom stereocenters. The van der Waals surface area contributed by atoms with Gasteiger partial charge in [-0.15, -0.1) is 0 Å². The minimum Gasteiger partial charge on any atom is -0.377 e. The zero-order chi connectivity index (χ0) is 14.8. The van der Waals surface area contributed by atoms with E-state index in [-0.39, 0.29) is 17.5 Å². The van der Waals surface area contributed by atoms with Crippen LogP contribution in [0.2, 0.25) is 0 Å². The Labute approximate surface area is 121 Å². The second-order valence-electron chi connectivity index (χ2n) is 6.84. The van der Waals surface area contributed by atoms with Crippen molar-refractivity contribution in [3.05, 3.63) is 35.6 Å². The monoisotopic (exact) mass is 279 g/mol. The highest BCUT2D eigenvalue weighted by molar-refractivity contribution is 5.19. The molecule has 1 aromatic rings. The number of ether oxygens (including phenoxy) is 1. The summed E-state index contributed by atoms with van der Waals surface area (Å²) in [7, 11) is 1.74. The summed E-state index contributed by atoms with van der Waals surface area (Å²) in [6.07, 6.45) is 4.64. The van der Waals surface area contributed by atoms with E-state index in [0.29, 0.717) is 17.4 Å². The van der Waals surface area contributed by atoms with Crippen molar-refractivity contribution in [3.63, 3.8) is 0 Å². The van der Waals surface area contributed by atoms with Gasteiger partial charge < -0.3 is 10.5 Å². The lowest BCUT2D eigenvalue weighted by Gasteiger charge is -2.46. The summed E-state index contributed by atoms with van der Waals surface area (Å²) in [5, 5.41) is 0. The maximum Gasteiger partial charge on any atom is 0.126 e. The third-order valence-electron chi connectivity index (χ3n) is 4.93. The normalized spacial score (nSPS) is 22.4. The molecule has 0 amide bonds. The minimum atomic E-state index is -0.308. The first-order valence-corrected chi connectivity index (χ1v) is 7.43. The van der Waals surface area contributed by atoms with Crippen LogP contribution in [0.3, 0.4) is 0 Å². The number of rotatable bonds is 4. The van der Waals surface area contributed by atoms with Crippen molar-refractivity contribution in [2.24, 2.45) is 11.1 Å². The maximum absolute atomic E-state index is 13.8. The highest BCUT2D eigenvalue weighted by Gasteiger charge is 2.42. The first kappa shape index (κ1) is 15.5. The highest BCUT2D eigenvalue weighted by atomic mass is 19.1. The van der Waals surface area contributed by atoms with Crippen molar-refractivity contribution in [2.45, 2.75) is 57.6 Å². The van der Waals surface area contributed by atoms with Gasteiger partial charge >= 0.3 is 0 Å². The first-order chi connectivity index (χ1) is 9.38. The third-order valence-corrected chi connectivity index (χ3v) is 4.93. The van der Waals surface area contributed by atoms with E-state index in [4.69, 9.17) is 10.5 Å². The van der Waals surface area contributed by atoms with E-state index < -0.39 is 0 Å². The molecule has 0 heterocycles. The lowest BCUT2D eigenvalue weighted by Crippen LogP contribution is -2.53. The first-order valence-electron chi connectivity index (χ1n) is 7.43. The number of hydrogen-bond acceptors (Lipinski definition) is 2. The van der Waals surface area contributed by atoms with Crippen LogP contribution in [0.4, 0.5) is 4.39 Å². The van der Waals surface area contributed by atoms with E-state index >= 15 is 0 Å². The van der Waals surface area contributed by atoms with Gasteiger partial charge in [0.2, 0.25) is 0 Å². The van der Waals surface area contributed by atoms with Crippen molar-refractivity contribution in [1.29, 1.82) is 0 Å². The zero-order valence-electron chi connectivity index (χ0n) is 12.8. The van der Waals surface area contributed by atoms with Gasteiger partial charge in [0.05, 0.1) is 5.60 Å². The summed E-state index contributed by atoms with van der Waals surface area (Å²) in [5.74, 6) is -0.176. The van der Waals surface area contributed by atoms with E-state index in [2.05, 4.69) is 13.8 Å². The molecular weight excluding hydrogens is 253 g/mol. The molecule has 3 heteroatoms. The van der Waals surface area contributed by atoms with Crippen molar-refractivity contribution < 1.29 is 9.13 Å². The average molecular weight is 279 g/mol. The highest BCUT2D eigenvalue weighted by Crippen LogP contribution is 2.43. The van der Waals surface area contributed by atoms with Gasteiger partial charge in [-0.25, -0.2) is 4.39 Å². The molecule has 0 bridgehead atoms. The van der Waals surface area contributed by atoms with Gasteiger partial charge in [-0.1, -0.05) is 32.0 Å². The largest absolute Gasteiger partial charge is 0.377 e. The zero-order valence-corrected chi connectivity index (χ0v) is 12.8. The fourth-order valence-corrected chi connectivity index (χ4v) is 3.16. The van der Waals surface area contributed by atoms with Crippen LogP contribution in [0, 0.1) is 11.2 Å². The van der Waals surface area contributed by atoms with Gasteiger partial charge in [0.1, 0.15) is 5.82 Å². The Balaban J connectivity index is 2.10. The van der Waals surface area contributed by atoms with Crippen LogP contribution in [0.25, 0.3) is 0 Å². The van der Waals surface area contributed by atoms with Crippen LogP contribution in [0.5, 0.6) is 0 Å². The van der Waals surface area contributed by atoms with Gasteiger partial charge in [-0.2, -0.15) is 0 Å². The van der Waals surface area contributed by atoms with E-state index in [9.17, 15) is 4.39 Å². The van der Waals surface area contributed by atoms with Crippen LogP contribution in [-0.4, -0.2) is 18.8 Å². The predicted octanol–water partition coefficient (Wildman–Crippen LogP) is 3.68. The SMILES string of the molecule is COC1(C(N)Cc2ccccc2F)CCC(C)(C)CC1. The molecule has 2 nitrogen and oxygen atoms in total. The van der Waals surface area contributed by atoms with E-state index in [1.54, 1.807) is 13.2 Å². The number of methoxy groups -OCH3 is 1. The number of nitrogens with two attached hydrogens (primary N) is 1. The maximum atomic E-state index is 13.8. The van der Waals surface area contributed by atoms with Crippen LogP contribution in [-0.2, 0) is 11.2 Å². The second-order valence-corrected chi connectivity index (χ2v) is 6.84. The molecule has 1 aliphatic carbocycles.